The summed E-state index contributed by atoms with van der Waals surface area (Å²) in [4.78, 5) is 13.8. The van der Waals surface area contributed by atoms with Crippen molar-refractivity contribution in [2.45, 2.75) is 45.6 Å². The average Bonchev–Trinajstić information content (AvgIpc) is 2.35. The Morgan fingerprint density at radius 3 is 2.45 bits per heavy atom. The normalized spacial score (nSPS) is 15.5. The Bertz CT molecular complexity index is 612. The molecule has 22 heavy (non-hydrogen) atoms. The Kier molecular flexibility index (Phi) is 4.02. The van der Waals surface area contributed by atoms with Crippen molar-refractivity contribution < 1.29 is 18.3 Å². The van der Waals surface area contributed by atoms with Gasteiger partial charge in [0.25, 0.3) is 5.92 Å². The minimum atomic E-state index is -2.93. The maximum atomic E-state index is 13.5. The van der Waals surface area contributed by atoms with Gasteiger partial charge in [-0.05, 0) is 44.9 Å². The predicted octanol–water partition coefficient (Wildman–Crippen LogP) is 4.96. The Labute approximate surface area is 129 Å². The Morgan fingerprint density at radius 2 is 1.91 bits per heavy atom. The molecule has 1 aromatic carbocycles. The number of hydrogen-bond donors (Lipinski definition) is 0. The molecule has 0 saturated heterocycles. The number of anilines is 1. The zero-order valence-corrected chi connectivity index (χ0v) is 13.4. The van der Waals surface area contributed by atoms with Gasteiger partial charge in [0.2, 0.25) is 0 Å². The molecule has 1 heterocycles. The smallest absolute Gasteiger partial charge is 0.414 e. The molecule has 5 heteroatoms. The van der Waals surface area contributed by atoms with Crippen molar-refractivity contribution in [1.82, 2.24) is 0 Å². The van der Waals surface area contributed by atoms with Crippen LogP contribution in [0, 0.1) is 0 Å². The van der Waals surface area contributed by atoms with Crippen LogP contribution in [-0.2, 0) is 10.7 Å². The number of rotatable bonds is 1. The largest absolute Gasteiger partial charge is 0.443 e. The van der Waals surface area contributed by atoms with Gasteiger partial charge in [0.15, 0.2) is 0 Å². The van der Waals surface area contributed by atoms with E-state index in [0.717, 1.165) is 12.5 Å². The third-order valence-corrected chi connectivity index (χ3v) is 3.43. The lowest BCUT2D eigenvalue weighted by atomic mass is 9.94. The van der Waals surface area contributed by atoms with Crippen molar-refractivity contribution in [2.75, 3.05) is 11.4 Å². The van der Waals surface area contributed by atoms with E-state index >= 15 is 0 Å². The van der Waals surface area contributed by atoms with E-state index < -0.39 is 17.6 Å². The molecule has 1 aliphatic rings. The summed E-state index contributed by atoms with van der Waals surface area (Å²) in [5, 5.41) is 0. The highest BCUT2D eigenvalue weighted by molar-refractivity contribution is 5.94. The second kappa shape index (κ2) is 5.38. The third kappa shape index (κ3) is 3.46. The van der Waals surface area contributed by atoms with E-state index in [0.29, 0.717) is 24.2 Å². The molecule has 1 aliphatic heterocycles. The van der Waals surface area contributed by atoms with Gasteiger partial charge >= 0.3 is 6.09 Å². The molecule has 120 valence electrons. The molecular weight excluding hydrogens is 288 g/mol. The summed E-state index contributed by atoms with van der Waals surface area (Å²) >= 11 is 0. The molecule has 0 radical (unpaired) electrons. The van der Waals surface area contributed by atoms with Crippen molar-refractivity contribution >= 4 is 17.4 Å². The SMILES string of the molecule is C=C1CCN(C(=O)OC(C)(C)C)c2ccc(C(C)(F)F)cc21. The van der Waals surface area contributed by atoms with Gasteiger partial charge in [0.05, 0.1) is 5.69 Å². The molecule has 0 unspecified atom stereocenters. The van der Waals surface area contributed by atoms with Gasteiger partial charge in [-0.3, -0.25) is 4.90 Å². The number of hydrogen-bond acceptors (Lipinski definition) is 2. The van der Waals surface area contributed by atoms with E-state index in [1.165, 1.54) is 23.1 Å². The lowest BCUT2D eigenvalue weighted by Gasteiger charge is -2.33. The van der Waals surface area contributed by atoms with Gasteiger partial charge in [-0.2, -0.15) is 0 Å². The highest BCUT2D eigenvalue weighted by Crippen LogP contribution is 2.38. The van der Waals surface area contributed by atoms with Crippen molar-refractivity contribution in [3.05, 3.63) is 35.9 Å². The first-order valence-electron chi connectivity index (χ1n) is 7.20. The number of nitrogens with zero attached hydrogens (tertiary/aromatic N) is 1. The number of carbonyl (C=O) groups is 1. The lowest BCUT2D eigenvalue weighted by Crippen LogP contribution is -2.39. The number of carbonyl (C=O) groups excluding carboxylic acids is 1. The standard InChI is InChI=1S/C17H21F2NO2/c1-11-8-9-20(15(21)22-16(2,3)4)14-7-6-12(10-13(11)14)17(5,18)19/h6-7,10H,1,8-9H2,2-5H3. The number of ether oxygens (including phenoxy) is 1. The maximum Gasteiger partial charge on any atom is 0.414 e. The lowest BCUT2D eigenvalue weighted by molar-refractivity contribution is 0.0174. The number of halogens is 2. The fraction of sp³-hybridized carbons (Fsp3) is 0.471. The van der Waals surface area contributed by atoms with E-state index in [1.807, 2.05) is 0 Å². The Hall–Kier alpha value is -1.91. The van der Waals surface area contributed by atoms with E-state index in [2.05, 4.69) is 6.58 Å². The molecule has 1 aromatic rings. The van der Waals surface area contributed by atoms with Crippen molar-refractivity contribution in [3.8, 4) is 0 Å². The Morgan fingerprint density at radius 1 is 1.27 bits per heavy atom. The predicted molar refractivity (Wildman–Crippen MR) is 83.2 cm³/mol. The minimum absolute atomic E-state index is 0.0848. The fourth-order valence-electron chi connectivity index (χ4n) is 2.34. The first kappa shape index (κ1) is 16.5. The van der Waals surface area contributed by atoms with Crippen LogP contribution in [0.15, 0.2) is 24.8 Å². The van der Waals surface area contributed by atoms with E-state index in [9.17, 15) is 13.6 Å². The zero-order chi connectivity index (χ0) is 16.7. The van der Waals surface area contributed by atoms with Gasteiger partial charge in [0, 0.05) is 24.6 Å². The van der Waals surface area contributed by atoms with Crippen molar-refractivity contribution in [2.24, 2.45) is 0 Å². The molecule has 0 spiro atoms. The zero-order valence-electron chi connectivity index (χ0n) is 13.4. The van der Waals surface area contributed by atoms with Crippen LogP contribution >= 0.6 is 0 Å². The fourth-order valence-corrected chi connectivity index (χ4v) is 2.34. The molecule has 0 bridgehead atoms. The van der Waals surface area contributed by atoms with Crippen LogP contribution in [0.5, 0.6) is 0 Å². The van der Waals surface area contributed by atoms with Crippen molar-refractivity contribution in [1.29, 1.82) is 0 Å². The minimum Gasteiger partial charge on any atom is -0.443 e. The monoisotopic (exact) mass is 309 g/mol. The molecule has 0 aliphatic carbocycles. The molecule has 0 N–H and O–H groups in total. The second-order valence-electron chi connectivity index (χ2n) is 6.61. The molecule has 0 atom stereocenters. The summed E-state index contributed by atoms with van der Waals surface area (Å²) in [5.74, 6) is -2.93. The molecular formula is C17H21F2NO2. The first-order chi connectivity index (χ1) is 9.99. The first-order valence-corrected chi connectivity index (χ1v) is 7.20. The van der Waals surface area contributed by atoms with Gasteiger partial charge in [-0.25, -0.2) is 13.6 Å². The summed E-state index contributed by atoms with van der Waals surface area (Å²) in [6.45, 7) is 10.6. The number of amides is 1. The Balaban J connectivity index is 2.40. The highest BCUT2D eigenvalue weighted by Gasteiger charge is 2.31. The molecule has 0 aromatic heterocycles. The maximum absolute atomic E-state index is 13.5. The molecule has 1 amide bonds. The topological polar surface area (TPSA) is 29.5 Å². The van der Waals surface area contributed by atoms with Crippen LogP contribution in [0.4, 0.5) is 19.3 Å². The second-order valence-corrected chi connectivity index (χ2v) is 6.61. The van der Waals surface area contributed by atoms with Crippen LogP contribution in [0.2, 0.25) is 0 Å². The van der Waals surface area contributed by atoms with Crippen molar-refractivity contribution in [3.63, 3.8) is 0 Å². The van der Waals surface area contributed by atoms with Gasteiger partial charge < -0.3 is 4.74 Å². The summed E-state index contributed by atoms with van der Waals surface area (Å²) in [5.41, 5.74) is 1.20. The van der Waals surface area contributed by atoms with Crippen LogP contribution in [0.25, 0.3) is 5.57 Å². The van der Waals surface area contributed by atoms with E-state index in [-0.39, 0.29) is 5.56 Å². The van der Waals surface area contributed by atoms with Gasteiger partial charge in [0.1, 0.15) is 5.60 Å². The summed E-state index contributed by atoms with van der Waals surface area (Å²) < 4.78 is 32.4. The number of alkyl halides is 2. The number of fused-ring (bicyclic) bond motifs is 1. The average molecular weight is 309 g/mol. The van der Waals surface area contributed by atoms with Gasteiger partial charge in [-0.15, -0.1) is 0 Å². The molecule has 3 nitrogen and oxygen atoms in total. The van der Waals surface area contributed by atoms with Gasteiger partial charge in [-0.1, -0.05) is 12.6 Å². The van der Waals surface area contributed by atoms with Crippen LogP contribution in [-0.4, -0.2) is 18.2 Å². The van der Waals surface area contributed by atoms with Crippen LogP contribution in [0.3, 0.4) is 0 Å². The van der Waals surface area contributed by atoms with Crippen LogP contribution in [0.1, 0.15) is 45.2 Å². The molecule has 0 saturated carbocycles. The molecule has 0 fully saturated rings. The summed E-state index contributed by atoms with van der Waals surface area (Å²) in [6.07, 6.45) is 0.0580. The quantitative estimate of drug-likeness (QED) is 0.734. The molecule has 2 rings (SSSR count). The number of benzene rings is 1. The summed E-state index contributed by atoms with van der Waals surface area (Å²) in [6, 6.07) is 4.29. The third-order valence-electron chi connectivity index (χ3n) is 3.43. The van der Waals surface area contributed by atoms with E-state index in [1.54, 1.807) is 20.8 Å². The highest BCUT2D eigenvalue weighted by atomic mass is 19.3. The van der Waals surface area contributed by atoms with E-state index in [4.69, 9.17) is 4.74 Å². The summed E-state index contributed by atoms with van der Waals surface area (Å²) in [7, 11) is 0. The van der Waals surface area contributed by atoms with Crippen LogP contribution < -0.4 is 4.90 Å².